The predicted octanol–water partition coefficient (Wildman–Crippen LogP) is 1.38. The van der Waals surface area contributed by atoms with Crippen molar-refractivity contribution in [2.45, 2.75) is 123 Å². The molecule has 384 valence electrons. The van der Waals surface area contributed by atoms with Gasteiger partial charge in [-0.05, 0) is 31.1 Å². The lowest BCUT2D eigenvalue weighted by Crippen LogP contribution is -2.55. The molecule has 2 aliphatic heterocycles. The van der Waals surface area contributed by atoms with Crippen LogP contribution in [-0.2, 0) is 60.6 Å². The van der Waals surface area contributed by atoms with Crippen molar-refractivity contribution in [3.63, 3.8) is 0 Å². The highest BCUT2D eigenvalue weighted by Gasteiger charge is 2.44. The summed E-state index contributed by atoms with van der Waals surface area (Å²) in [5.74, 6) is -4.03. The van der Waals surface area contributed by atoms with E-state index in [1.54, 1.807) is 44.0 Å². The lowest BCUT2D eigenvalue weighted by atomic mass is 9.89. The molecule has 0 saturated carbocycles. The van der Waals surface area contributed by atoms with Crippen molar-refractivity contribution in [1.29, 1.82) is 0 Å². The minimum Gasteiger partial charge on any atom is -0.379 e. The van der Waals surface area contributed by atoms with Gasteiger partial charge in [0.05, 0.1) is 69.1 Å². The fraction of sp³-hybridized carbons (Fsp3) is 0.756. The molecule has 0 aromatic carbocycles. The van der Waals surface area contributed by atoms with Gasteiger partial charge >= 0.3 is 0 Å². The molecule has 68 heavy (non-hydrogen) atoms. The molecule has 1 aromatic heterocycles. The first-order valence-electron chi connectivity index (χ1n) is 23.5. The Hall–Kier alpha value is -4.76. The predicted molar refractivity (Wildman–Crippen MR) is 255 cm³/mol. The highest BCUT2D eigenvalue weighted by Crippen LogP contribution is 2.46. The van der Waals surface area contributed by atoms with Crippen molar-refractivity contribution in [2.24, 2.45) is 22.7 Å². The van der Waals surface area contributed by atoms with Crippen LogP contribution >= 0.6 is 7.37 Å². The Morgan fingerprint density at radius 1 is 0.971 bits per heavy atom. The molecule has 6 amide bonds. The fourth-order valence-electron chi connectivity index (χ4n) is 8.71. The molecule has 0 aliphatic carbocycles. The summed E-state index contributed by atoms with van der Waals surface area (Å²) in [6.07, 6.45) is 3.83. The van der Waals surface area contributed by atoms with Crippen LogP contribution in [0.15, 0.2) is 23.3 Å². The molecule has 0 spiro atoms. The molecule has 3 N–H and O–H groups in total. The van der Waals surface area contributed by atoms with Gasteiger partial charge in [0.25, 0.3) is 11.8 Å². The molecular weight excluding hydrogens is 902 g/mol. The number of nitrogens with zero attached hydrogens (tertiary/aromatic N) is 9. The molecule has 22 nitrogen and oxygen atoms in total. The molecule has 3 rings (SSSR count). The van der Waals surface area contributed by atoms with Crippen LogP contribution in [-0.4, -0.2) is 204 Å². The minimum absolute atomic E-state index is 0.00344. The van der Waals surface area contributed by atoms with Crippen LogP contribution in [0.1, 0.15) is 79.3 Å². The number of hydrogen-bond acceptors (Lipinski definition) is 13. The third-order valence-electron chi connectivity index (χ3n) is 12.6. The highest BCUT2D eigenvalue weighted by molar-refractivity contribution is 7.59. The van der Waals surface area contributed by atoms with Gasteiger partial charge in [-0.15, -0.1) is 5.10 Å². The molecule has 0 bridgehead atoms. The summed E-state index contributed by atoms with van der Waals surface area (Å²) in [4.78, 5) is 103. The van der Waals surface area contributed by atoms with Crippen molar-refractivity contribution in [3.05, 3.63) is 24.0 Å². The number of imide groups is 1. The summed E-state index contributed by atoms with van der Waals surface area (Å²) >= 11 is 0. The molecule has 1 fully saturated rings. The van der Waals surface area contributed by atoms with Crippen LogP contribution in [0.2, 0.25) is 0 Å². The van der Waals surface area contributed by atoms with Crippen molar-refractivity contribution in [3.8, 4) is 0 Å². The van der Waals surface area contributed by atoms with Gasteiger partial charge < -0.3 is 49.3 Å². The summed E-state index contributed by atoms with van der Waals surface area (Å²) in [6, 6.07) is -1.62. The summed E-state index contributed by atoms with van der Waals surface area (Å²) < 4.78 is 32.6. The van der Waals surface area contributed by atoms with Gasteiger partial charge in [0, 0.05) is 74.7 Å². The number of aliphatic imine (C=N–C) groups is 1. The van der Waals surface area contributed by atoms with Gasteiger partial charge in [0.1, 0.15) is 23.7 Å². The van der Waals surface area contributed by atoms with Gasteiger partial charge in [0.2, 0.25) is 31.0 Å². The topological polar surface area (TPSA) is 251 Å². The zero-order valence-corrected chi connectivity index (χ0v) is 43.3. The Morgan fingerprint density at radius 2 is 1.62 bits per heavy atom. The Morgan fingerprint density at radius 3 is 2.18 bits per heavy atom. The molecule has 1 aromatic rings. The second kappa shape index (κ2) is 26.8. The van der Waals surface area contributed by atoms with E-state index in [0.29, 0.717) is 37.6 Å². The third-order valence-corrected chi connectivity index (χ3v) is 14.8. The van der Waals surface area contributed by atoms with Gasteiger partial charge in [-0.1, -0.05) is 53.2 Å². The first kappa shape index (κ1) is 57.6. The van der Waals surface area contributed by atoms with Crippen molar-refractivity contribution in [1.82, 2.24) is 50.1 Å². The van der Waals surface area contributed by atoms with E-state index in [9.17, 15) is 38.2 Å². The molecule has 3 heterocycles. The molecule has 0 radical (unpaired) electrons. The summed E-state index contributed by atoms with van der Waals surface area (Å²) in [5.41, 5.74) is 0.429. The van der Waals surface area contributed by atoms with Gasteiger partial charge in [-0.2, -0.15) is 0 Å². The second-order valence-corrected chi connectivity index (χ2v) is 20.8. The Balaban J connectivity index is 1.58. The third kappa shape index (κ3) is 15.6. The van der Waals surface area contributed by atoms with Gasteiger partial charge in [0.15, 0.2) is 5.96 Å². The normalized spacial score (nSPS) is 18.9. The van der Waals surface area contributed by atoms with Crippen LogP contribution in [0.4, 0.5) is 0 Å². The molecular formula is C45H78N11O11P. The van der Waals surface area contributed by atoms with Crippen LogP contribution in [0.3, 0.4) is 0 Å². The van der Waals surface area contributed by atoms with Crippen molar-refractivity contribution >= 4 is 48.8 Å². The maximum Gasteiger partial charge on any atom is 0.253 e. The van der Waals surface area contributed by atoms with Crippen LogP contribution < -0.4 is 10.6 Å². The largest absolute Gasteiger partial charge is 0.379 e. The standard InChI is InChI=1S/C45H78N11O11P/c1-14-30(5)41(53(11)44(62)40(29(3)4)48-45(51(7)8)52(9)10)34(65-12)25-39(60)55-21-16-17-33(55)42(66-13)31(6)43(61)47-36(15-2)68(63,64)28-35(57)46-20-23-67-24-22-54-26-32(49-50-54)27-56-37(58)18-19-38(56)59/h18-19,26,29-31,33-34,36,40-42H,14-17,20-25,27-28H2,1-13H3,(H,46,57)(H,47,61)(H,63,64)/t30-,31+,33-,34+,36+,40-,41-,42+/m0/s1. The van der Waals surface area contributed by atoms with E-state index < -0.39 is 79.2 Å². The van der Waals surface area contributed by atoms with E-state index >= 15 is 0 Å². The molecule has 9 atom stereocenters. The number of rotatable bonds is 27. The Labute approximate surface area is 401 Å². The fourth-order valence-corrected chi connectivity index (χ4v) is 10.4. The number of nitrogens with one attached hydrogen (secondary N) is 2. The average molecular weight is 980 g/mol. The lowest BCUT2D eigenvalue weighted by Gasteiger charge is -2.40. The number of carbonyl (C=O) groups excluding carboxylic acids is 6. The molecule has 1 saturated heterocycles. The van der Waals surface area contributed by atoms with Crippen LogP contribution in [0, 0.1) is 17.8 Å². The lowest BCUT2D eigenvalue weighted by molar-refractivity contribution is -0.146. The van der Waals surface area contributed by atoms with Crippen LogP contribution in [0.5, 0.6) is 0 Å². The molecule has 23 heteroatoms. The molecule has 1 unspecified atom stereocenters. The zero-order chi connectivity index (χ0) is 51.0. The Kier molecular flexibility index (Phi) is 22.7. The quantitative estimate of drug-likeness (QED) is 0.0371. The Bertz CT molecular complexity index is 1950. The number of aromatic nitrogens is 3. The van der Waals surface area contributed by atoms with E-state index in [1.807, 2.05) is 65.7 Å². The number of carbonyl (C=O) groups is 6. The van der Waals surface area contributed by atoms with Crippen LogP contribution in [0.25, 0.3) is 0 Å². The maximum absolute atomic E-state index is 14.3. The summed E-state index contributed by atoms with van der Waals surface area (Å²) in [7, 11) is 8.01. The number of likely N-dealkylation sites (N-methyl/N-ethyl adjacent to an activating group) is 1. The van der Waals surface area contributed by atoms with Gasteiger partial charge in [-0.25, -0.2) is 9.67 Å². The highest BCUT2D eigenvalue weighted by atomic mass is 31.2. The average Bonchev–Trinajstić information content (AvgIpc) is 4.03. The number of methoxy groups -OCH3 is 2. The molecule has 2 aliphatic rings. The van der Waals surface area contributed by atoms with E-state index in [2.05, 4.69) is 20.9 Å². The number of amides is 6. The van der Waals surface area contributed by atoms with Gasteiger partial charge in [-0.3, -0.25) is 38.2 Å². The number of hydrogen-bond donors (Lipinski definition) is 3. The van der Waals surface area contributed by atoms with E-state index in [-0.39, 0.29) is 62.8 Å². The number of likely N-dealkylation sites (tertiary alicyclic amines) is 1. The summed E-state index contributed by atoms with van der Waals surface area (Å²) in [6.45, 7) is 12.4. The van der Waals surface area contributed by atoms with E-state index in [4.69, 9.17) is 19.2 Å². The monoisotopic (exact) mass is 980 g/mol. The number of ether oxygens (including phenoxy) is 3. The smallest absolute Gasteiger partial charge is 0.253 e. The first-order valence-corrected chi connectivity index (χ1v) is 25.4. The number of guanidine groups is 1. The minimum atomic E-state index is -4.26. The van der Waals surface area contributed by atoms with E-state index in [1.165, 1.54) is 23.9 Å². The second-order valence-electron chi connectivity index (χ2n) is 18.4. The van der Waals surface area contributed by atoms with Crippen molar-refractivity contribution in [2.75, 3.05) is 81.9 Å². The van der Waals surface area contributed by atoms with Crippen molar-refractivity contribution < 1.29 is 52.4 Å². The maximum atomic E-state index is 14.3. The first-order chi connectivity index (χ1) is 32.0. The SMILES string of the molecule is CC[C@H](NC(=O)[C@H](C)[C@@H](OC)[C@@H]1CCCN1C(=O)C[C@@H](OC)[C@H]([C@@H](C)CC)N(C)C(=O)[C@@H](N=C(N(C)C)N(C)C)C(C)C)P(=O)(O)CC(=O)NCCOCCn1cc(CN2C(=O)C=CC2=O)nn1. The summed E-state index contributed by atoms with van der Waals surface area (Å²) in [5, 5.41) is 13.2. The zero-order valence-electron chi connectivity index (χ0n) is 42.4. The van der Waals surface area contributed by atoms with E-state index in [0.717, 1.165) is 11.3 Å².